The number of aliphatic hydroxyl groups is 1. The van der Waals surface area contributed by atoms with Crippen molar-refractivity contribution in [1.82, 2.24) is 9.88 Å². The van der Waals surface area contributed by atoms with Crippen LogP contribution in [0.3, 0.4) is 0 Å². The van der Waals surface area contributed by atoms with Crippen molar-refractivity contribution < 1.29 is 14.3 Å². The second-order valence-corrected chi connectivity index (χ2v) is 5.88. The minimum absolute atomic E-state index is 0.00448. The van der Waals surface area contributed by atoms with Crippen LogP contribution in [0.2, 0.25) is 0 Å². The topological polar surface area (TPSA) is 53.4 Å². The number of nitrogens with zero attached hydrogens (tertiary/aromatic N) is 2. The van der Waals surface area contributed by atoms with E-state index in [1.54, 1.807) is 0 Å². The molecule has 3 rings (SSSR count). The molecule has 1 spiro atoms. The third-order valence-electron chi connectivity index (χ3n) is 4.61. The van der Waals surface area contributed by atoms with Crippen LogP contribution in [0, 0.1) is 5.82 Å². The van der Waals surface area contributed by atoms with Gasteiger partial charge in [0.05, 0.1) is 18.2 Å². The quantitative estimate of drug-likeness (QED) is 0.895. The molecule has 4 nitrogen and oxygen atoms in total. The van der Waals surface area contributed by atoms with Crippen LogP contribution in [-0.4, -0.2) is 39.1 Å². The third kappa shape index (κ3) is 2.30. The van der Waals surface area contributed by atoms with E-state index in [9.17, 15) is 14.3 Å². The summed E-state index contributed by atoms with van der Waals surface area (Å²) in [6.07, 6.45) is 5.44. The van der Waals surface area contributed by atoms with Crippen molar-refractivity contribution in [3.63, 3.8) is 0 Å². The highest BCUT2D eigenvalue weighted by Gasteiger charge is 2.48. The summed E-state index contributed by atoms with van der Waals surface area (Å²) < 4.78 is 13.6. The first-order valence-corrected chi connectivity index (χ1v) is 7.19. The molecule has 5 heteroatoms. The van der Waals surface area contributed by atoms with E-state index in [-0.39, 0.29) is 29.7 Å². The fourth-order valence-electron chi connectivity index (χ4n) is 3.40. The second-order valence-electron chi connectivity index (χ2n) is 5.88. The number of halogens is 1. The predicted octanol–water partition coefficient (Wildman–Crippen LogP) is 1.67. The molecule has 1 N–H and O–H groups in total. The largest absolute Gasteiger partial charge is 0.393 e. The van der Waals surface area contributed by atoms with Gasteiger partial charge in [-0.05, 0) is 44.2 Å². The lowest BCUT2D eigenvalue weighted by Crippen LogP contribution is -2.61. The van der Waals surface area contributed by atoms with Crippen LogP contribution >= 0.6 is 0 Å². The number of piperidine rings is 1. The van der Waals surface area contributed by atoms with Gasteiger partial charge in [-0.1, -0.05) is 0 Å². The van der Waals surface area contributed by atoms with Crippen molar-refractivity contribution in [3.8, 4) is 0 Å². The molecule has 20 heavy (non-hydrogen) atoms. The molecular weight excluding hydrogens is 259 g/mol. The first-order chi connectivity index (χ1) is 9.61. The summed E-state index contributed by atoms with van der Waals surface area (Å²) in [5.74, 6) is -0.505. The monoisotopic (exact) mass is 278 g/mol. The molecule has 1 saturated heterocycles. The van der Waals surface area contributed by atoms with E-state index in [1.807, 2.05) is 4.90 Å². The maximum atomic E-state index is 13.6. The lowest BCUT2D eigenvalue weighted by Gasteiger charge is -2.54. The predicted molar refractivity (Wildman–Crippen MR) is 71.4 cm³/mol. The van der Waals surface area contributed by atoms with Gasteiger partial charge in [-0.3, -0.25) is 9.78 Å². The van der Waals surface area contributed by atoms with Crippen LogP contribution in [0.25, 0.3) is 0 Å². The normalized spacial score (nSPS) is 24.5. The van der Waals surface area contributed by atoms with E-state index >= 15 is 0 Å². The number of hydrogen-bond donors (Lipinski definition) is 1. The molecule has 1 unspecified atom stereocenters. The van der Waals surface area contributed by atoms with Gasteiger partial charge in [0.15, 0.2) is 0 Å². The summed E-state index contributed by atoms with van der Waals surface area (Å²) in [6, 6.07) is 2.85. The van der Waals surface area contributed by atoms with Crippen molar-refractivity contribution in [2.24, 2.45) is 0 Å². The molecule has 0 radical (unpaired) electrons. The number of likely N-dealkylation sites (tertiary alicyclic amines) is 1. The number of carbonyl (C=O) groups is 1. The van der Waals surface area contributed by atoms with Crippen molar-refractivity contribution in [1.29, 1.82) is 0 Å². The fourth-order valence-corrected chi connectivity index (χ4v) is 3.40. The molecule has 2 aliphatic rings. The Kier molecular flexibility index (Phi) is 3.46. The van der Waals surface area contributed by atoms with Crippen LogP contribution < -0.4 is 0 Å². The minimum atomic E-state index is -0.430. The zero-order valence-electron chi connectivity index (χ0n) is 11.4. The molecule has 1 aromatic heterocycles. The second kappa shape index (κ2) is 5.13. The molecule has 1 aromatic rings. The van der Waals surface area contributed by atoms with Gasteiger partial charge in [-0.15, -0.1) is 0 Å². The summed E-state index contributed by atoms with van der Waals surface area (Å²) in [7, 11) is 0. The number of hydrogen-bond acceptors (Lipinski definition) is 3. The number of pyridine rings is 1. The summed E-state index contributed by atoms with van der Waals surface area (Å²) >= 11 is 0. The molecule has 108 valence electrons. The van der Waals surface area contributed by atoms with Gasteiger partial charge in [0.25, 0.3) is 0 Å². The van der Waals surface area contributed by atoms with Gasteiger partial charge >= 0.3 is 0 Å². The van der Waals surface area contributed by atoms with Crippen molar-refractivity contribution in [2.45, 2.75) is 50.2 Å². The summed E-state index contributed by atoms with van der Waals surface area (Å²) in [5.41, 5.74) is 0.0260. The Labute approximate surface area is 117 Å². The number of aliphatic hydroxyl groups excluding tert-OH is 1. The number of carbonyl (C=O) groups excluding carboxylic acids is 1. The first-order valence-electron chi connectivity index (χ1n) is 7.19. The summed E-state index contributed by atoms with van der Waals surface area (Å²) in [5, 5.41) is 9.83. The lowest BCUT2D eigenvalue weighted by atomic mass is 9.69. The molecule has 1 atom stereocenters. The van der Waals surface area contributed by atoms with Gasteiger partial charge < -0.3 is 10.0 Å². The molecule has 1 saturated carbocycles. The number of amides is 1. The molecule has 2 fully saturated rings. The van der Waals surface area contributed by atoms with E-state index in [1.165, 1.54) is 18.3 Å². The average molecular weight is 278 g/mol. The van der Waals surface area contributed by atoms with Crippen molar-refractivity contribution >= 4 is 5.91 Å². The fraction of sp³-hybridized carbons (Fsp3) is 0.600. The van der Waals surface area contributed by atoms with Crippen LogP contribution in [0.4, 0.5) is 4.39 Å². The number of rotatable bonds is 2. The van der Waals surface area contributed by atoms with E-state index < -0.39 is 5.82 Å². The Hall–Kier alpha value is -1.49. The standard InChI is InChI=1S/C15H19FN2O2/c16-12-3-1-7-17-13(12)9-14(20)18-8-4-11(19)10-15(18)5-2-6-15/h1,3,7,11,19H,2,4-6,8-10H2. The number of aromatic nitrogens is 1. The summed E-state index contributed by atoms with van der Waals surface area (Å²) in [6.45, 7) is 0.564. The van der Waals surface area contributed by atoms with Gasteiger partial charge in [-0.2, -0.15) is 0 Å². The Balaban J connectivity index is 1.75. The molecular formula is C15H19FN2O2. The molecule has 1 amide bonds. The maximum Gasteiger partial charge on any atom is 0.229 e. The smallest absolute Gasteiger partial charge is 0.229 e. The summed E-state index contributed by atoms with van der Waals surface area (Å²) in [4.78, 5) is 18.3. The Bertz CT molecular complexity index is 516. The third-order valence-corrected chi connectivity index (χ3v) is 4.61. The van der Waals surface area contributed by atoms with E-state index in [2.05, 4.69) is 4.98 Å². The first kappa shape index (κ1) is 13.5. The zero-order chi connectivity index (χ0) is 14.2. The maximum absolute atomic E-state index is 13.6. The van der Waals surface area contributed by atoms with Crippen LogP contribution in [-0.2, 0) is 11.2 Å². The van der Waals surface area contributed by atoms with Gasteiger partial charge in [0, 0.05) is 18.3 Å². The van der Waals surface area contributed by atoms with E-state index in [0.717, 1.165) is 19.3 Å². The van der Waals surface area contributed by atoms with Crippen molar-refractivity contribution in [2.75, 3.05) is 6.54 Å². The van der Waals surface area contributed by atoms with Gasteiger partial charge in [0.2, 0.25) is 5.91 Å². The molecule has 1 aliphatic carbocycles. The highest BCUT2D eigenvalue weighted by Crippen LogP contribution is 2.44. The van der Waals surface area contributed by atoms with E-state index in [0.29, 0.717) is 19.4 Å². The van der Waals surface area contributed by atoms with E-state index in [4.69, 9.17) is 0 Å². The SMILES string of the molecule is O=C(Cc1ncccc1F)N1CCC(O)CC12CCC2. The average Bonchev–Trinajstić information content (AvgIpc) is 2.39. The lowest BCUT2D eigenvalue weighted by molar-refractivity contribution is -0.149. The Morgan fingerprint density at radius 2 is 2.35 bits per heavy atom. The van der Waals surface area contributed by atoms with Crippen LogP contribution in [0.5, 0.6) is 0 Å². The zero-order valence-corrected chi connectivity index (χ0v) is 11.4. The van der Waals surface area contributed by atoms with Gasteiger partial charge in [0.1, 0.15) is 5.82 Å². The molecule has 0 bridgehead atoms. The van der Waals surface area contributed by atoms with Crippen LogP contribution in [0.1, 0.15) is 37.8 Å². The van der Waals surface area contributed by atoms with Gasteiger partial charge in [-0.25, -0.2) is 4.39 Å². The Morgan fingerprint density at radius 3 is 3.00 bits per heavy atom. The molecule has 1 aliphatic heterocycles. The van der Waals surface area contributed by atoms with Crippen LogP contribution in [0.15, 0.2) is 18.3 Å². The highest BCUT2D eigenvalue weighted by atomic mass is 19.1. The Morgan fingerprint density at radius 1 is 1.55 bits per heavy atom. The molecule has 0 aromatic carbocycles. The highest BCUT2D eigenvalue weighted by molar-refractivity contribution is 5.79. The van der Waals surface area contributed by atoms with Crippen molar-refractivity contribution in [3.05, 3.63) is 29.8 Å². The minimum Gasteiger partial charge on any atom is -0.393 e. The molecule has 2 heterocycles.